The van der Waals surface area contributed by atoms with Crippen LogP contribution in [0.15, 0.2) is 42.5 Å². The van der Waals surface area contributed by atoms with E-state index in [1.54, 1.807) is 7.11 Å². The van der Waals surface area contributed by atoms with Crippen LogP contribution in [0, 0.1) is 17.0 Å². The van der Waals surface area contributed by atoms with E-state index < -0.39 is 4.92 Å². The molecule has 0 aliphatic rings. The van der Waals surface area contributed by atoms with Crippen LogP contribution in [-0.2, 0) is 4.79 Å². The van der Waals surface area contributed by atoms with E-state index in [-0.39, 0.29) is 18.1 Å². The summed E-state index contributed by atoms with van der Waals surface area (Å²) in [6.45, 7) is 2.00. The van der Waals surface area contributed by atoms with Gasteiger partial charge in [0.15, 0.2) is 0 Å². The van der Waals surface area contributed by atoms with E-state index in [1.807, 2.05) is 25.1 Å². The Labute approximate surface area is 133 Å². The second-order valence-corrected chi connectivity index (χ2v) is 4.91. The first-order chi connectivity index (χ1) is 11.0. The molecule has 2 rings (SSSR count). The molecule has 0 bridgehead atoms. The zero-order valence-corrected chi connectivity index (χ0v) is 12.8. The van der Waals surface area contributed by atoms with Gasteiger partial charge in [0.2, 0.25) is 5.91 Å². The molecule has 2 aromatic carbocycles. The molecule has 0 aliphatic carbocycles. The Kier molecular flexibility index (Phi) is 5.14. The van der Waals surface area contributed by atoms with Gasteiger partial charge in [0.05, 0.1) is 24.3 Å². The lowest BCUT2D eigenvalue weighted by molar-refractivity contribution is -0.384. The summed E-state index contributed by atoms with van der Waals surface area (Å²) < 4.78 is 5.23. The van der Waals surface area contributed by atoms with Gasteiger partial charge < -0.3 is 15.4 Å². The van der Waals surface area contributed by atoms with Crippen molar-refractivity contribution in [2.45, 2.75) is 6.92 Å². The van der Waals surface area contributed by atoms with Gasteiger partial charge in [0.25, 0.3) is 5.69 Å². The predicted molar refractivity (Wildman–Crippen MR) is 87.9 cm³/mol. The van der Waals surface area contributed by atoms with Gasteiger partial charge in [0.1, 0.15) is 5.75 Å². The Morgan fingerprint density at radius 1 is 1.22 bits per heavy atom. The van der Waals surface area contributed by atoms with Crippen LogP contribution < -0.4 is 15.4 Å². The molecule has 2 aromatic rings. The van der Waals surface area contributed by atoms with Crippen LogP contribution in [0.1, 0.15) is 5.56 Å². The van der Waals surface area contributed by atoms with Crippen LogP contribution in [-0.4, -0.2) is 24.5 Å². The Morgan fingerprint density at radius 3 is 2.52 bits per heavy atom. The van der Waals surface area contributed by atoms with Crippen molar-refractivity contribution in [1.82, 2.24) is 0 Å². The van der Waals surface area contributed by atoms with E-state index in [4.69, 9.17) is 4.74 Å². The summed E-state index contributed by atoms with van der Waals surface area (Å²) >= 11 is 0. The summed E-state index contributed by atoms with van der Waals surface area (Å²) in [6, 6.07) is 11.3. The number of benzene rings is 2. The fraction of sp³-hybridized carbons (Fsp3) is 0.188. The number of aryl methyl sites for hydroxylation is 1. The molecule has 7 nitrogen and oxygen atoms in total. The first-order valence-electron chi connectivity index (χ1n) is 6.92. The topological polar surface area (TPSA) is 93.5 Å². The lowest BCUT2D eigenvalue weighted by Crippen LogP contribution is -2.22. The van der Waals surface area contributed by atoms with Crippen LogP contribution in [0.25, 0.3) is 0 Å². The van der Waals surface area contributed by atoms with Gasteiger partial charge in [-0.3, -0.25) is 14.9 Å². The fourth-order valence-electron chi connectivity index (χ4n) is 2.01. The van der Waals surface area contributed by atoms with E-state index in [1.165, 1.54) is 24.3 Å². The number of ether oxygens (including phenoxy) is 1. The highest BCUT2D eigenvalue weighted by molar-refractivity contribution is 5.94. The lowest BCUT2D eigenvalue weighted by Gasteiger charge is -2.12. The summed E-state index contributed by atoms with van der Waals surface area (Å²) in [7, 11) is 1.56. The van der Waals surface area contributed by atoms with Gasteiger partial charge in [0, 0.05) is 17.8 Å². The third-order valence-corrected chi connectivity index (χ3v) is 3.16. The molecule has 0 unspecified atom stereocenters. The fourth-order valence-corrected chi connectivity index (χ4v) is 2.01. The Balaban J connectivity index is 1.95. The van der Waals surface area contributed by atoms with Gasteiger partial charge in [-0.05, 0) is 36.8 Å². The van der Waals surface area contributed by atoms with Crippen LogP contribution in [0.3, 0.4) is 0 Å². The molecule has 2 N–H and O–H groups in total. The molecular weight excluding hydrogens is 298 g/mol. The van der Waals surface area contributed by atoms with Gasteiger partial charge in [-0.2, -0.15) is 0 Å². The molecule has 23 heavy (non-hydrogen) atoms. The summed E-state index contributed by atoms with van der Waals surface area (Å²) in [5.41, 5.74) is 2.25. The monoisotopic (exact) mass is 315 g/mol. The molecule has 0 aromatic heterocycles. The largest absolute Gasteiger partial charge is 0.495 e. The molecule has 1 amide bonds. The molecule has 0 spiro atoms. The molecule has 120 valence electrons. The number of rotatable bonds is 6. The van der Waals surface area contributed by atoms with Crippen molar-refractivity contribution >= 4 is 23.0 Å². The second kappa shape index (κ2) is 7.26. The Hall–Kier alpha value is -3.09. The smallest absolute Gasteiger partial charge is 0.269 e. The van der Waals surface area contributed by atoms with Crippen molar-refractivity contribution in [3.8, 4) is 5.75 Å². The summed E-state index contributed by atoms with van der Waals surface area (Å²) in [5, 5.41) is 16.3. The summed E-state index contributed by atoms with van der Waals surface area (Å²) in [4.78, 5) is 22.0. The number of methoxy groups -OCH3 is 1. The maximum absolute atomic E-state index is 11.9. The highest BCUT2D eigenvalue weighted by Gasteiger charge is 2.08. The standard InChI is InChI=1S/C16H17N3O4/c1-11-3-8-15(23-2)14(9-11)17-10-16(20)18-12-4-6-13(7-5-12)19(21)22/h3-9,17H,10H2,1-2H3,(H,18,20). The number of carbonyl (C=O) groups excluding carboxylic acids is 1. The molecule has 0 saturated carbocycles. The Bertz CT molecular complexity index is 714. The summed E-state index contributed by atoms with van der Waals surface area (Å²) in [6.07, 6.45) is 0. The first-order valence-corrected chi connectivity index (χ1v) is 6.92. The minimum Gasteiger partial charge on any atom is -0.495 e. The molecule has 0 saturated heterocycles. The number of nitrogens with zero attached hydrogens (tertiary/aromatic N) is 1. The molecular formula is C16H17N3O4. The number of nitro groups is 1. The minimum atomic E-state index is -0.489. The maximum atomic E-state index is 11.9. The average Bonchev–Trinajstić information content (AvgIpc) is 2.53. The first kappa shape index (κ1) is 16.3. The predicted octanol–water partition coefficient (Wildman–Crippen LogP) is 2.96. The highest BCUT2D eigenvalue weighted by atomic mass is 16.6. The summed E-state index contributed by atoms with van der Waals surface area (Å²) in [5.74, 6) is 0.390. The maximum Gasteiger partial charge on any atom is 0.269 e. The number of hydrogen-bond acceptors (Lipinski definition) is 5. The van der Waals surface area contributed by atoms with Crippen molar-refractivity contribution in [1.29, 1.82) is 0 Å². The van der Waals surface area contributed by atoms with Crippen LogP contribution in [0.4, 0.5) is 17.1 Å². The zero-order valence-electron chi connectivity index (χ0n) is 12.8. The average molecular weight is 315 g/mol. The van der Waals surface area contributed by atoms with Gasteiger partial charge >= 0.3 is 0 Å². The Morgan fingerprint density at radius 2 is 1.91 bits per heavy atom. The van der Waals surface area contributed by atoms with Gasteiger partial charge in [-0.1, -0.05) is 6.07 Å². The quantitative estimate of drug-likeness (QED) is 0.631. The number of amides is 1. The van der Waals surface area contributed by atoms with Crippen LogP contribution in [0.5, 0.6) is 5.75 Å². The van der Waals surface area contributed by atoms with Crippen molar-refractivity contribution in [2.75, 3.05) is 24.3 Å². The van der Waals surface area contributed by atoms with Crippen molar-refractivity contribution in [3.63, 3.8) is 0 Å². The third kappa shape index (κ3) is 4.44. The third-order valence-electron chi connectivity index (χ3n) is 3.16. The van der Waals surface area contributed by atoms with Crippen molar-refractivity contribution < 1.29 is 14.5 Å². The van der Waals surface area contributed by atoms with E-state index in [0.29, 0.717) is 11.4 Å². The molecule has 0 fully saturated rings. The SMILES string of the molecule is COc1ccc(C)cc1NCC(=O)Nc1ccc([N+](=O)[O-])cc1. The van der Waals surface area contributed by atoms with Crippen LogP contribution in [0.2, 0.25) is 0 Å². The van der Waals surface area contributed by atoms with Crippen molar-refractivity contribution in [3.05, 3.63) is 58.1 Å². The number of carbonyl (C=O) groups is 1. The van der Waals surface area contributed by atoms with E-state index >= 15 is 0 Å². The van der Waals surface area contributed by atoms with E-state index in [0.717, 1.165) is 11.3 Å². The number of hydrogen-bond donors (Lipinski definition) is 2. The number of nitrogens with one attached hydrogen (secondary N) is 2. The number of nitro benzene ring substituents is 1. The number of anilines is 2. The minimum absolute atomic E-state index is 0.0226. The van der Waals surface area contributed by atoms with E-state index in [2.05, 4.69) is 10.6 Å². The number of non-ortho nitro benzene ring substituents is 1. The molecule has 0 radical (unpaired) electrons. The molecule has 0 atom stereocenters. The lowest BCUT2D eigenvalue weighted by atomic mass is 10.2. The molecule has 0 aliphatic heterocycles. The zero-order chi connectivity index (χ0) is 16.8. The van der Waals surface area contributed by atoms with Crippen molar-refractivity contribution in [2.24, 2.45) is 0 Å². The normalized spacial score (nSPS) is 10.0. The van der Waals surface area contributed by atoms with Gasteiger partial charge in [-0.15, -0.1) is 0 Å². The van der Waals surface area contributed by atoms with Gasteiger partial charge in [-0.25, -0.2) is 0 Å². The molecule has 7 heteroatoms. The van der Waals surface area contributed by atoms with E-state index in [9.17, 15) is 14.9 Å². The highest BCUT2D eigenvalue weighted by Crippen LogP contribution is 2.24. The van der Waals surface area contributed by atoms with Crippen LogP contribution >= 0.6 is 0 Å². The molecule has 0 heterocycles. The second-order valence-electron chi connectivity index (χ2n) is 4.91.